The minimum absolute atomic E-state index is 0.326. The lowest BCUT2D eigenvalue weighted by Crippen LogP contribution is -2.08. The van der Waals surface area contributed by atoms with Crippen molar-refractivity contribution in [3.8, 4) is 0 Å². The summed E-state index contributed by atoms with van der Waals surface area (Å²) < 4.78 is 6.50. The Balaban J connectivity index is 2.05. The monoisotopic (exact) mass is 335 g/mol. The van der Waals surface area contributed by atoms with Gasteiger partial charge in [0.05, 0.1) is 6.10 Å². The first-order valence-corrected chi connectivity index (χ1v) is 6.59. The van der Waals surface area contributed by atoms with E-state index in [4.69, 9.17) is 4.74 Å². The van der Waals surface area contributed by atoms with Crippen molar-refractivity contribution in [2.24, 2.45) is 0 Å². The van der Waals surface area contributed by atoms with Crippen LogP contribution in [0, 0.1) is 3.57 Å². The summed E-state index contributed by atoms with van der Waals surface area (Å²) in [6.45, 7) is 5.82. The summed E-state index contributed by atoms with van der Waals surface area (Å²) in [5, 5.41) is 3.18. The summed E-state index contributed by atoms with van der Waals surface area (Å²) in [6, 6.07) is 0. The highest BCUT2D eigenvalue weighted by Crippen LogP contribution is 2.03. The van der Waals surface area contributed by atoms with E-state index in [1.165, 1.54) is 0 Å². The molecule has 0 atom stereocenters. The van der Waals surface area contributed by atoms with E-state index in [9.17, 15) is 0 Å². The molecule has 0 amide bonds. The fourth-order valence-corrected chi connectivity index (χ4v) is 1.43. The highest BCUT2D eigenvalue weighted by atomic mass is 127. The van der Waals surface area contributed by atoms with Crippen LogP contribution in [0.5, 0.6) is 0 Å². The van der Waals surface area contributed by atoms with Gasteiger partial charge in [-0.05, 0) is 49.3 Å². The minimum atomic E-state index is 0.326. The van der Waals surface area contributed by atoms with Gasteiger partial charge in [0.2, 0.25) is 5.95 Å². The first kappa shape index (κ1) is 13.6. The maximum Gasteiger partial charge on any atom is 0.222 e. The van der Waals surface area contributed by atoms with Gasteiger partial charge in [0, 0.05) is 29.1 Å². The molecule has 0 fully saturated rings. The molecule has 0 aliphatic rings. The normalized spacial score (nSPS) is 10.8. The number of hydrogen-bond donors (Lipinski definition) is 1. The van der Waals surface area contributed by atoms with Crippen molar-refractivity contribution in [3.05, 3.63) is 16.0 Å². The summed E-state index contributed by atoms with van der Waals surface area (Å²) in [6.07, 6.45) is 6.07. The van der Waals surface area contributed by atoms with Gasteiger partial charge in [-0.25, -0.2) is 9.97 Å². The molecule has 1 aromatic heterocycles. The fourth-order valence-electron chi connectivity index (χ4n) is 1.15. The molecule has 0 saturated carbocycles. The molecule has 1 aromatic rings. The average Bonchev–Trinajstić information content (AvgIpc) is 2.25. The summed E-state index contributed by atoms with van der Waals surface area (Å²) >= 11 is 2.19. The third-order valence-electron chi connectivity index (χ3n) is 1.93. The molecule has 90 valence electrons. The van der Waals surface area contributed by atoms with Gasteiger partial charge in [0.25, 0.3) is 0 Å². The topological polar surface area (TPSA) is 47.0 Å². The highest BCUT2D eigenvalue weighted by molar-refractivity contribution is 14.1. The molecular formula is C11H18IN3O. The van der Waals surface area contributed by atoms with E-state index in [2.05, 4.69) is 51.7 Å². The van der Waals surface area contributed by atoms with E-state index in [0.717, 1.165) is 29.6 Å². The number of anilines is 1. The number of rotatable bonds is 7. The lowest BCUT2D eigenvalue weighted by Gasteiger charge is -2.07. The number of halogens is 1. The average molecular weight is 335 g/mol. The molecule has 0 aliphatic heterocycles. The summed E-state index contributed by atoms with van der Waals surface area (Å²) in [7, 11) is 0. The molecule has 0 bridgehead atoms. The Bertz CT molecular complexity index is 290. The van der Waals surface area contributed by atoms with Crippen LogP contribution in [0.4, 0.5) is 5.95 Å². The van der Waals surface area contributed by atoms with E-state index in [-0.39, 0.29) is 0 Å². The minimum Gasteiger partial charge on any atom is -0.379 e. The van der Waals surface area contributed by atoms with E-state index in [0.29, 0.717) is 12.1 Å². The molecule has 1 N–H and O–H groups in total. The molecule has 0 aliphatic carbocycles. The summed E-state index contributed by atoms with van der Waals surface area (Å²) in [4.78, 5) is 8.33. The zero-order valence-electron chi connectivity index (χ0n) is 9.74. The van der Waals surface area contributed by atoms with Crippen LogP contribution in [0.15, 0.2) is 12.4 Å². The summed E-state index contributed by atoms with van der Waals surface area (Å²) in [5.74, 6) is 0.699. The predicted molar refractivity (Wildman–Crippen MR) is 73.6 cm³/mol. The van der Waals surface area contributed by atoms with Crippen LogP contribution in [0.1, 0.15) is 26.7 Å². The molecule has 16 heavy (non-hydrogen) atoms. The lowest BCUT2D eigenvalue weighted by atomic mass is 10.3. The second-order valence-corrected chi connectivity index (χ2v) is 5.02. The van der Waals surface area contributed by atoms with E-state index < -0.39 is 0 Å². The smallest absolute Gasteiger partial charge is 0.222 e. The SMILES string of the molecule is CC(C)OCCCCNc1ncc(I)cn1. The molecule has 0 unspecified atom stereocenters. The van der Waals surface area contributed by atoms with Gasteiger partial charge in [0.1, 0.15) is 0 Å². The molecule has 0 radical (unpaired) electrons. The Morgan fingerprint density at radius 3 is 2.62 bits per heavy atom. The largest absolute Gasteiger partial charge is 0.379 e. The van der Waals surface area contributed by atoms with Gasteiger partial charge in [-0.15, -0.1) is 0 Å². The van der Waals surface area contributed by atoms with Crippen LogP contribution >= 0.6 is 22.6 Å². The lowest BCUT2D eigenvalue weighted by molar-refractivity contribution is 0.0765. The van der Waals surface area contributed by atoms with Crippen molar-refractivity contribution in [3.63, 3.8) is 0 Å². The van der Waals surface area contributed by atoms with Gasteiger partial charge in [-0.1, -0.05) is 0 Å². The first-order chi connectivity index (χ1) is 7.68. The van der Waals surface area contributed by atoms with Crippen molar-refractivity contribution >= 4 is 28.5 Å². The second kappa shape index (κ2) is 7.78. The third-order valence-corrected chi connectivity index (χ3v) is 2.48. The van der Waals surface area contributed by atoms with Crippen molar-refractivity contribution < 1.29 is 4.74 Å². The van der Waals surface area contributed by atoms with Crippen molar-refractivity contribution in [2.45, 2.75) is 32.8 Å². The standard InChI is InChI=1S/C11H18IN3O/c1-9(2)16-6-4-3-5-13-11-14-7-10(12)8-15-11/h7-9H,3-6H2,1-2H3,(H,13,14,15). The molecule has 0 saturated heterocycles. The zero-order valence-corrected chi connectivity index (χ0v) is 11.9. The fraction of sp³-hybridized carbons (Fsp3) is 0.636. The Labute approximate surface area is 110 Å². The van der Waals surface area contributed by atoms with E-state index in [1.807, 2.05) is 0 Å². The van der Waals surface area contributed by atoms with Gasteiger partial charge < -0.3 is 10.1 Å². The Kier molecular flexibility index (Phi) is 6.63. The summed E-state index contributed by atoms with van der Waals surface area (Å²) in [5.41, 5.74) is 0. The number of nitrogens with one attached hydrogen (secondary N) is 1. The van der Waals surface area contributed by atoms with Crippen LogP contribution in [0.3, 0.4) is 0 Å². The van der Waals surface area contributed by atoms with Crippen molar-refractivity contribution in [1.82, 2.24) is 9.97 Å². The van der Waals surface area contributed by atoms with Gasteiger partial charge >= 0.3 is 0 Å². The molecule has 0 spiro atoms. The van der Waals surface area contributed by atoms with E-state index in [1.54, 1.807) is 12.4 Å². The predicted octanol–water partition coefficient (Wildman–Crippen LogP) is 2.70. The maximum atomic E-state index is 5.45. The molecule has 1 heterocycles. The Hall–Kier alpha value is -0.430. The number of hydrogen-bond acceptors (Lipinski definition) is 4. The van der Waals surface area contributed by atoms with Crippen LogP contribution in [-0.2, 0) is 4.74 Å². The molecule has 5 heteroatoms. The third kappa shape index (κ3) is 6.22. The van der Waals surface area contributed by atoms with Crippen LogP contribution in [-0.4, -0.2) is 29.2 Å². The van der Waals surface area contributed by atoms with Crippen LogP contribution in [0.2, 0.25) is 0 Å². The van der Waals surface area contributed by atoms with Crippen LogP contribution < -0.4 is 5.32 Å². The number of unbranched alkanes of at least 4 members (excludes halogenated alkanes) is 1. The zero-order chi connectivity index (χ0) is 11.8. The van der Waals surface area contributed by atoms with E-state index >= 15 is 0 Å². The van der Waals surface area contributed by atoms with Crippen LogP contribution in [0.25, 0.3) is 0 Å². The van der Waals surface area contributed by atoms with Crippen molar-refractivity contribution in [1.29, 1.82) is 0 Å². The molecular weight excluding hydrogens is 317 g/mol. The second-order valence-electron chi connectivity index (χ2n) is 3.78. The van der Waals surface area contributed by atoms with Gasteiger partial charge in [-0.3, -0.25) is 0 Å². The number of nitrogens with zero attached hydrogens (tertiary/aromatic N) is 2. The highest BCUT2D eigenvalue weighted by Gasteiger charge is 1.96. The molecule has 0 aromatic carbocycles. The Morgan fingerprint density at radius 1 is 1.31 bits per heavy atom. The van der Waals surface area contributed by atoms with Gasteiger partial charge in [0.15, 0.2) is 0 Å². The number of ether oxygens (including phenoxy) is 1. The Morgan fingerprint density at radius 2 is 2.00 bits per heavy atom. The van der Waals surface area contributed by atoms with Gasteiger partial charge in [-0.2, -0.15) is 0 Å². The first-order valence-electron chi connectivity index (χ1n) is 5.51. The maximum absolute atomic E-state index is 5.45. The van der Waals surface area contributed by atoms with Crippen molar-refractivity contribution in [2.75, 3.05) is 18.5 Å². The quantitative estimate of drug-likeness (QED) is 0.615. The molecule has 1 rings (SSSR count). The molecule has 4 nitrogen and oxygen atoms in total. The number of aromatic nitrogens is 2.